The van der Waals surface area contributed by atoms with Gasteiger partial charge in [0.2, 0.25) is 11.8 Å². The number of hydrogen-bond donors (Lipinski definition) is 2. The number of nitrogens with zero attached hydrogens (tertiary/aromatic N) is 5. The van der Waals surface area contributed by atoms with Crippen molar-refractivity contribution < 1.29 is 9.59 Å². The number of aryl methyl sites for hydroxylation is 1. The molecule has 28 heavy (non-hydrogen) atoms. The number of anilines is 1. The molecule has 1 aliphatic rings. The molecule has 2 aromatic rings. The molecular formula is C19H25N7O2. The molecule has 1 aromatic carbocycles. The summed E-state index contributed by atoms with van der Waals surface area (Å²) in [5.74, 6) is 0.254. The Kier molecular flexibility index (Phi) is 5.93. The highest BCUT2D eigenvalue weighted by molar-refractivity contribution is 5.98. The standard InChI is InChI=1S/C19H25N7O2/c1-3-21-19(22-10-14-4-6-15(7-5-14)18(20)28)25-8-9-26(17(27)13-25)16-11-23-24(2)12-16/h4-7,11-12H,3,8-10,13H2,1-2H3,(H2,20,28)(H,21,22). The summed E-state index contributed by atoms with van der Waals surface area (Å²) in [5.41, 5.74) is 7.50. The van der Waals surface area contributed by atoms with Gasteiger partial charge in [-0.3, -0.25) is 14.3 Å². The molecule has 1 fully saturated rings. The lowest BCUT2D eigenvalue weighted by atomic mass is 10.1. The van der Waals surface area contributed by atoms with Gasteiger partial charge in [0.15, 0.2) is 5.96 Å². The van der Waals surface area contributed by atoms with E-state index in [1.807, 2.05) is 37.2 Å². The van der Waals surface area contributed by atoms with Crippen molar-refractivity contribution in [3.8, 4) is 0 Å². The summed E-state index contributed by atoms with van der Waals surface area (Å²) >= 11 is 0. The fraction of sp³-hybridized carbons (Fsp3) is 0.368. The number of nitrogens with two attached hydrogens (primary N) is 1. The summed E-state index contributed by atoms with van der Waals surface area (Å²) in [6.07, 6.45) is 3.53. The van der Waals surface area contributed by atoms with Crippen LogP contribution < -0.4 is 16.0 Å². The first-order valence-electron chi connectivity index (χ1n) is 9.19. The number of rotatable bonds is 5. The topological polar surface area (TPSA) is 109 Å². The molecule has 148 valence electrons. The smallest absolute Gasteiger partial charge is 0.248 e. The average molecular weight is 383 g/mol. The van der Waals surface area contributed by atoms with Crippen LogP contribution in [0.3, 0.4) is 0 Å². The minimum absolute atomic E-state index is 0.00987. The Morgan fingerprint density at radius 3 is 2.61 bits per heavy atom. The van der Waals surface area contributed by atoms with Gasteiger partial charge < -0.3 is 20.9 Å². The molecule has 1 saturated heterocycles. The number of carbonyl (C=O) groups excluding carboxylic acids is 2. The summed E-state index contributed by atoms with van der Waals surface area (Å²) in [4.78, 5) is 32.1. The summed E-state index contributed by atoms with van der Waals surface area (Å²) in [6.45, 7) is 4.64. The molecule has 1 aliphatic heterocycles. The molecule has 9 nitrogen and oxygen atoms in total. The van der Waals surface area contributed by atoms with Gasteiger partial charge >= 0.3 is 0 Å². The molecule has 2 amide bonds. The lowest BCUT2D eigenvalue weighted by Crippen LogP contribution is -2.55. The van der Waals surface area contributed by atoms with Gasteiger partial charge in [0, 0.05) is 38.4 Å². The van der Waals surface area contributed by atoms with Gasteiger partial charge in [-0.2, -0.15) is 5.10 Å². The number of primary amides is 1. The maximum atomic E-state index is 12.6. The van der Waals surface area contributed by atoms with E-state index in [0.717, 1.165) is 11.3 Å². The van der Waals surface area contributed by atoms with Gasteiger partial charge in [0.05, 0.1) is 18.4 Å². The number of hydrogen-bond acceptors (Lipinski definition) is 4. The zero-order valence-corrected chi connectivity index (χ0v) is 16.1. The monoisotopic (exact) mass is 383 g/mol. The van der Waals surface area contributed by atoms with Crippen LogP contribution in [-0.2, 0) is 18.4 Å². The van der Waals surface area contributed by atoms with E-state index in [0.29, 0.717) is 37.7 Å². The number of guanidine groups is 1. The predicted octanol–water partition coefficient (Wildman–Crippen LogP) is 0.333. The quantitative estimate of drug-likeness (QED) is 0.571. The van der Waals surface area contributed by atoms with Gasteiger partial charge in [-0.1, -0.05) is 12.1 Å². The van der Waals surface area contributed by atoms with Crippen molar-refractivity contribution in [2.45, 2.75) is 13.5 Å². The molecular weight excluding hydrogens is 358 g/mol. The number of piperazine rings is 1. The average Bonchev–Trinajstić information content (AvgIpc) is 3.11. The zero-order chi connectivity index (χ0) is 20.1. The number of aliphatic imine (C=N–C) groups is 1. The lowest BCUT2D eigenvalue weighted by molar-refractivity contribution is -0.120. The number of benzene rings is 1. The van der Waals surface area contributed by atoms with Crippen LogP contribution in [0, 0.1) is 0 Å². The van der Waals surface area contributed by atoms with Crippen LogP contribution in [0.4, 0.5) is 5.69 Å². The zero-order valence-electron chi connectivity index (χ0n) is 16.1. The Hall–Kier alpha value is -3.36. The molecule has 0 saturated carbocycles. The Balaban J connectivity index is 1.67. The number of aromatic nitrogens is 2. The highest BCUT2D eigenvalue weighted by Gasteiger charge is 2.27. The lowest BCUT2D eigenvalue weighted by Gasteiger charge is -2.35. The molecule has 0 atom stereocenters. The van der Waals surface area contributed by atoms with Gasteiger partial charge in [-0.15, -0.1) is 0 Å². The van der Waals surface area contributed by atoms with Crippen molar-refractivity contribution in [1.82, 2.24) is 20.0 Å². The first-order valence-corrected chi connectivity index (χ1v) is 9.19. The third-order valence-electron chi connectivity index (χ3n) is 4.51. The highest BCUT2D eigenvalue weighted by atomic mass is 16.2. The van der Waals surface area contributed by atoms with Crippen LogP contribution in [-0.4, -0.2) is 58.6 Å². The Labute approximate surface area is 163 Å². The molecule has 0 bridgehead atoms. The maximum Gasteiger partial charge on any atom is 0.248 e. The van der Waals surface area contributed by atoms with E-state index >= 15 is 0 Å². The van der Waals surface area contributed by atoms with Crippen LogP contribution in [0.1, 0.15) is 22.8 Å². The van der Waals surface area contributed by atoms with Gasteiger partial charge in [0.25, 0.3) is 0 Å². The Bertz CT molecular complexity index is 873. The second kappa shape index (κ2) is 8.55. The van der Waals surface area contributed by atoms with Gasteiger partial charge in [-0.05, 0) is 24.6 Å². The molecule has 3 N–H and O–H groups in total. The van der Waals surface area contributed by atoms with Crippen molar-refractivity contribution in [3.63, 3.8) is 0 Å². The summed E-state index contributed by atoms with van der Waals surface area (Å²) in [6, 6.07) is 7.05. The number of nitrogens with one attached hydrogen (secondary N) is 1. The van der Waals surface area contributed by atoms with Crippen molar-refractivity contribution >= 4 is 23.5 Å². The van der Waals surface area contributed by atoms with E-state index in [-0.39, 0.29) is 12.5 Å². The number of amides is 2. The first-order chi connectivity index (χ1) is 13.5. The Morgan fingerprint density at radius 2 is 2.04 bits per heavy atom. The van der Waals surface area contributed by atoms with Crippen LogP contribution >= 0.6 is 0 Å². The van der Waals surface area contributed by atoms with Crippen LogP contribution in [0.15, 0.2) is 41.7 Å². The molecule has 0 radical (unpaired) electrons. The summed E-state index contributed by atoms with van der Waals surface area (Å²) in [7, 11) is 1.83. The second-order valence-electron chi connectivity index (χ2n) is 6.57. The van der Waals surface area contributed by atoms with Crippen molar-refractivity contribution in [2.24, 2.45) is 17.8 Å². The number of carbonyl (C=O) groups is 2. The molecule has 0 unspecified atom stereocenters. The maximum absolute atomic E-state index is 12.6. The first kappa shape index (κ1) is 19.4. The van der Waals surface area contributed by atoms with Gasteiger partial charge in [0.1, 0.15) is 6.54 Å². The molecule has 0 spiro atoms. The molecule has 0 aliphatic carbocycles. The van der Waals surface area contributed by atoms with E-state index in [2.05, 4.69) is 15.4 Å². The Morgan fingerprint density at radius 1 is 1.29 bits per heavy atom. The highest BCUT2D eigenvalue weighted by Crippen LogP contribution is 2.16. The third-order valence-corrected chi connectivity index (χ3v) is 4.51. The van der Waals surface area contributed by atoms with Crippen molar-refractivity contribution in [3.05, 3.63) is 47.8 Å². The SMILES string of the molecule is CCNC(=NCc1ccc(C(N)=O)cc1)N1CCN(c2cnn(C)c2)C(=O)C1. The summed E-state index contributed by atoms with van der Waals surface area (Å²) in [5, 5.41) is 7.38. The van der Waals surface area contributed by atoms with Crippen molar-refractivity contribution in [2.75, 3.05) is 31.1 Å². The van der Waals surface area contributed by atoms with Crippen molar-refractivity contribution in [1.29, 1.82) is 0 Å². The van der Waals surface area contributed by atoms with Crippen LogP contribution in [0.2, 0.25) is 0 Å². The van der Waals surface area contributed by atoms with E-state index < -0.39 is 5.91 Å². The minimum atomic E-state index is -0.451. The minimum Gasteiger partial charge on any atom is -0.366 e. The van der Waals surface area contributed by atoms with E-state index in [1.54, 1.807) is 27.9 Å². The van der Waals surface area contributed by atoms with E-state index in [1.165, 1.54) is 0 Å². The van der Waals surface area contributed by atoms with Gasteiger partial charge in [-0.25, -0.2) is 4.99 Å². The normalized spacial score (nSPS) is 15.1. The van der Waals surface area contributed by atoms with Crippen LogP contribution in [0.5, 0.6) is 0 Å². The summed E-state index contributed by atoms with van der Waals surface area (Å²) < 4.78 is 1.68. The fourth-order valence-electron chi connectivity index (χ4n) is 3.04. The molecule has 1 aromatic heterocycles. The third kappa shape index (κ3) is 4.48. The van der Waals surface area contributed by atoms with Crippen LogP contribution in [0.25, 0.3) is 0 Å². The van der Waals surface area contributed by atoms with E-state index in [4.69, 9.17) is 5.73 Å². The molecule has 2 heterocycles. The largest absolute Gasteiger partial charge is 0.366 e. The fourth-order valence-corrected chi connectivity index (χ4v) is 3.04. The van der Waals surface area contributed by atoms with E-state index in [9.17, 15) is 9.59 Å². The second-order valence-corrected chi connectivity index (χ2v) is 6.57. The molecule has 3 rings (SSSR count). The predicted molar refractivity (Wildman–Crippen MR) is 107 cm³/mol. The molecule has 9 heteroatoms.